The van der Waals surface area contributed by atoms with Gasteiger partial charge in [0.15, 0.2) is 0 Å². The average molecular weight is 268 g/mol. The van der Waals surface area contributed by atoms with Crippen molar-refractivity contribution in [1.82, 2.24) is 9.55 Å². The van der Waals surface area contributed by atoms with Crippen LogP contribution < -0.4 is 11.2 Å². The van der Waals surface area contributed by atoms with Crippen LogP contribution >= 0.6 is 0 Å². The maximum Gasteiger partial charge on any atom is 0.328 e. The van der Waals surface area contributed by atoms with Gasteiger partial charge in [-0.05, 0) is 38.0 Å². The van der Waals surface area contributed by atoms with Crippen molar-refractivity contribution in [3.8, 4) is 0 Å². The Hall–Kier alpha value is -1.40. The lowest BCUT2D eigenvalue weighted by Crippen LogP contribution is -2.38. The molecule has 1 aromatic heterocycles. The molecule has 3 unspecified atom stereocenters. The minimum Gasteiger partial charge on any atom is -0.396 e. The molecule has 1 heterocycles. The molecule has 1 fully saturated rings. The molecule has 0 saturated heterocycles. The fourth-order valence-electron chi connectivity index (χ4n) is 2.88. The van der Waals surface area contributed by atoms with Crippen LogP contribution in [0.5, 0.6) is 0 Å². The highest BCUT2D eigenvalue weighted by Crippen LogP contribution is 2.35. The summed E-state index contributed by atoms with van der Waals surface area (Å²) in [5.74, 6) is 0.101. The van der Waals surface area contributed by atoms with E-state index in [1.807, 2.05) is 0 Å². The number of nitrogens with one attached hydrogen (secondary N) is 1. The van der Waals surface area contributed by atoms with Crippen LogP contribution in [-0.4, -0.2) is 33.0 Å². The molecule has 1 aromatic rings. The monoisotopic (exact) mass is 268 g/mol. The van der Waals surface area contributed by atoms with E-state index in [0.29, 0.717) is 12.0 Å². The topological polar surface area (TPSA) is 95.3 Å². The quantitative estimate of drug-likeness (QED) is 0.706. The predicted molar refractivity (Wildman–Crippen MR) is 70.1 cm³/mol. The van der Waals surface area contributed by atoms with Crippen molar-refractivity contribution >= 4 is 0 Å². The van der Waals surface area contributed by atoms with Crippen LogP contribution in [-0.2, 0) is 0 Å². The number of aromatic amines is 1. The molecule has 3 atom stereocenters. The maximum absolute atomic E-state index is 11.8. The second kappa shape index (κ2) is 5.71. The van der Waals surface area contributed by atoms with E-state index in [0.717, 1.165) is 12.8 Å². The minimum atomic E-state index is -0.403. The molecule has 0 radical (unpaired) electrons. The van der Waals surface area contributed by atoms with Crippen LogP contribution in [0.25, 0.3) is 0 Å². The Morgan fingerprint density at radius 2 is 1.95 bits per heavy atom. The normalized spacial score (nSPS) is 27.4. The van der Waals surface area contributed by atoms with Gasteiger partial charge < -0.3 is 10.2 Å². The Balaban J connectivity index is 2.26. The van der Waals surface area contributed by atoms with Gasteiger partial charge in [-0.15, -0.1) is 0 Å². The molecule has 0 aromatic carbocycles. The lowest BCUT2D eigenvalue weighted by Gasteiger charge is -2.35. The molecule has 1 aliphatic rings. The third kappa shape index (κ3) is 2.79. The molecule has 3 N–H and O–H groups in total. The van der Waals surface area contributed by atoms with Gasteiger partial charge in [0.1, 0.15) is 0 Å². The molecule has 0 amide bonds. The van der Waals surface area contributed by atoms with Crippen molar-refractivity contribution in [2.24, 2.45) is 11.8 Å². The van der Waals surface area contributed by atoms with Gasteiger partial charge in [-0.2, -0.15) is 0 Å². The summed E-state index contributed by atoms with van der Waals surface area (Å²) in [6, 6.07) is -0.0250. The Morgan fingerprint density at radius 3 is 2.58 bits per heavy atom. The van der Waals surface area contributed by atoms with Gasteiger partial charge >= 0.3 is 5.69 Å². The first-order valence-corrected chi connectivity index (χ1v) is 6.60. The van der Waals surface area contributed by atoms with Crippen molar-refractivity contribution < 1.29 is 10.2 Å². The largest absolute Gasteiger partial charge is 0.396 e. The highest BCUT2D eigenvalue weighted by molar-refractivity contribution is 5.02. The molecule has 1 aliphatic carbocycles. The number of rotatable bonds is 3. The molecule has 6 nitrogen and oxygen atoms in total. The Morgan fingerprint density at radius 1 is 1.26 bits per heavy atom. The first kappa shape index (κ1) is 14.0. The highest BCUT2D eigenvalue weighted by atomic mass is 16.3. The van der Waals surface area contributed by atoms with Crippen molar-refractivity contribution in [2.75, 3.05) is 13.2 Å². The van der Waals surface area contributed by atoms with Gasteiger partial charge in [-0.1, -0.05) is 0 Å². The summed E-state index contributed by atoms with van der Waals surface area (Å²) in [7, 11) is 0. The Kier molecular flexibility index (Phi) is 4.21. The first-order chi connectivity index (χ1) is 9.06. The fraction of sp³-hybridized carbons (Fsp3) is 0.692. The van der Waals surface area contributed by atoms with Crippen LogP contribution in [0.4, 0.5) is 0 Å². The van der Waals surface area contributed by atoms with Crippen LogP contribution in [0.15, 0.2) is 15.8 Å². The van der Waals surface area contributed by atoms with E-state index in [-0.39, 0.29) is 36.7 Å². The average Bonchev–Trinajstić information content (AvgIpc) is 2.42. The number of hydrogen-bond acceptors (Lipinski definition) is 4. The zero-order chi connectivity index (χ0) is 14.0. The van der Waals surface area contributed by atoms with Gasteiger partial charge in [-0.25, -0.2) is 4.79 Å². The Bertz CT molecular complexity index is 548. The lowest BCUT2D eigenvalue weighted by molar-refractivity contribution is 0.0661. The summed E-state index contributed by atoms with van der Waals surface area (Å²) in [5, 5.41) is 18.6. The summed E-state index contributed by atoms with van der Waals surface area (Å²) in [6.07, 6.45) is 3.77. The second-order valence-electron chi connectivity index (χ2n) is 5.33. The number of aryl methyl sites for hydroxylation is 1. The number of hydrogen-bond donors (Lipinski definition) is 3. The fourth-order valence-corrected chi connectivity index (χ4v) is 2.88. The third-order valence-electron chi connectivity index (χ3n) is 4.12. The molecule has 106 valence electrons. The van der Waals surface area contributed by atoms with Crippen molar-refractivity contribution in [3.05, 3.63) is 32.6 Å². The van der Waals surface area contributed by atoms with Crippen LogP contribution in [0.1, 0.15) is 30.9 Å². The standard InChI is InChI=1S/C13H20N2O4/c1-8-5-15(13(19)14-12(8)18)11-3-2-9(6-16)10(4-11)7-17/h5,9-11,16-17H,2-4,6-7H2,1H3,(H,14,18,19). The highest BCUT2D eigenvalue weighted by Gasteiger charge is 2.30. The SMILES string of the molecule is Cc1cn(C2CCC(CO)C(CO)C2)c(=O)[nH]c1=O. The molecule has 6 heteroatoms. The number of nitrogens with zero attached hydrogens (tertiary/aromatic N) is 1. The minimum absolute atomic E-state index is 0.00267. The molecule has 19 heavy (non-hydrogen) atoms. The third-order valence-corrected chi connectivity index (χ3v) is 4.12. The van der Waals surface area contributed by atoms with E-state index in [9.17, 15) is 19.8 Å². The predicted octanol–water partition coefficient (Wildman–Crippen LogP) is -0.213. The van der Waals surface area contributed by atoms with E-state index < -0.39 is 5.69 Å². The van der Waals surface area contributed by atoms with Crippen molar-refractivity contribution in [2.45, 2.75) is 32.2 Å². The number of aliphatic hydroxyl groups excluding tert-OH is 2. The summed E-state index contributed by atoms with van der Waals surface area (Å²) in [6.45, 7) is 1.74. The van der Waals surface area contributed by atoms with E-state index in [1.165, 1.54) is 0 Å². The molecular formula is C13H20N2O4. The molecular weight excluding hydrogens is 248 g/mol. The zero-order valence-electron chi connectivity index (χ0n) is 11.0. The van der Waals surface area contributed by atoms with Gasteiger partial charge in [0.2, 0.25) is 0 Å². The van der Waals surface area contributed by atoms with E-state index >= 15 is 0 Å². The van der Waals surface area contributed by atoms with Crippen molar-refractivity contribution in [1.29, 1.82) is 0 Å². The summed E-state index contributed by atoms with van der Waals surface area (Å²) < 4.78 is 1.55. The molecule has 2 rings (SSSR count). The number of H-pyrrole nitrogens is 1. The van der Waals surface area contributed by atoms with Crippen LogP contribution in [0.3, 0.4) is 0 Å². The zero-order valence-corrected chi connectivity index (χ0v) is 11.0. The van der Waals surface area contributed by atoms with E-state index in [4.69, 9.17) is 0 Å². The second-order valence-corrected chi connectivity index (χ2v) is 5.33. The van der Waals surface area contributed by atoms with Crippen LogP contribution in [0.2, 0.25) is 0 Å². The van der Waals surface area contributed by atoms with Gasteiger partial charge in [0.05, 0.1) is 0 Å². The first-order valence-electron chi connectivity index (χ1n) is 6.60. The molecule has 0 bridgehead atoms. The molecule has 1 saturated carbocycles. The molecule has 0 spiro atoms. The van der Waals surface area contributed by atoms with Gasteiger partial charge in [0, 0.05) is 31.0 Å². The van der Waals surface area contributed by atoms with E-state index in [1.54, 1.807) is 17.7 Å². The van der Waals surface area contributed by atoms with Crippen molar-refractivity contribution in [3.63, 3.8) is 0 Å². The lowest BCUT2D eigenvalue weighted by atomic mass is 9.77. The van der Waals surface area contributed by atoms with Gasteiger partial charge in [-0.3, -0.25) is 14.3 Å². The van der Waals surface area contributed by atoms with Crippen LogP contribution in [0, 0.1) is 18.8 Å². The number of aromatic nitrogens is 2. The van der Waals surface area contributed by atoms with Gasteiger partial charge in [0.25, 0.3) is 5.56 Å². The summed E-state index contributed by atoms with van der Waals surface area (Å²) in [4.78, 5) is 25.5. The Labute approximate surface area is 110 Å². The summed E-state index contributed by atoms with van der Waals surface area (Å²) in [5.41, 5.74) is -0.256. The smallest absolute Gasteiger partial charge is 0.328 e. The summed E-state index contributed by atoms with van der Waals surface area (Å²) >= 11 is 0. The molecule has 0 aliphatic heterocycles. The maximum atomic E-state index is 11.8. The van der Waals surface area contributed by atoms with E-state index in [2.05, 4.69) is 4.98 Å². The number of aliphatic hydroxyl groups is 2.